The van der Waals surface area contributed by atoms with Crippen molar-refractivity contribution in [2.45, 2.75) is 46.2 Å². The summed E-state index contributed by atoms with van der Waals surface area (Å²) in [5.41, 5.74) is 11.7. The molecule has 0 atom stereocenters. The highest BCUT2D eigenvalue weighted by Crippen LogP contribution is 2.28. The number of nitrogens with two attached hydrogens (primary N) is 1. The first-order valence-corrected chi connectivity index (χ1v) is 13.4. The van der Waals surface area contributed by atoms with Crippen LogP contribution in [0.5, 0.6) is 0 Å². The Labute approximate surface area is 239 Å². The van der Waals surface area contributed by atoms with Gasteiger partial charge in [0.25, 0.3) is 11.5 Å². The van der Waals surface area contributed by atoms with Crippen molar-refractivity contribution in [1.29, 1.82) is 0 Å². The molecule has 2 amide bonds. The van der Waals surface area contributed by atoms with Crippen molar-refractivity contribution >= 4 is 23.2 Å². The van der Waals surface area contributed by atoms with E-state index in [0.29, 0.717) is 29.2 Å². The van der Waals surface area contributed by atoms with Crippen molar-refractivity contribution in [3.8, 4) is 11.3 Å². The van der Waals surface area contributed by atoms with E-state index >= 15 is 0 Å². The zero-order valence-corrected chi connectivity index (χ0v) is 23.8. The molecule has 0 radical (unpaired) electrons. The Morgan fingerprint density at radius 3 is 2.32 bits per heavy atom. The van der Waals surface area contributed by atoms with Crippen LogP contribution in [0.25, 0.3) is 11.3 Å². The van der Waals surface area contributed by atoms with Gasteiger partial charge in [-0.05, 0) is 59.4 Å². The number of hydrogen-bond acceptors (Lipinski definition) is 6. The van der Waals surface area contributed by atoms with Gasteiger partial charge in [0, 0.05) is 35.2 Å². The summed E-state index contributed by atoms with van der Waals surface area (Å²) in [7, 11) is 0. The SMILES string of the molecule is Cc1c(NC(=O)c2ccc(C(C)(C)C)cc2)cccc1-c1c[nH]c(=O)c(CNc2ccc(CNCC(N)=O)cc2)n1. The topological polar surface area (TPSA) is 142 Å². The summed E-state index contributed by atoms with van der Waals surface area (Å²) in [5, 5.41) is 9.21. The van der Waals surface area contributed by atoms with Crippen molar-refractivity contribution in [3.63, 3.8) is 0 Å². The van der Waals surface area contributed by atoms with E-state index < -0.39 is 5.91 Å². The number of primary amides is 1. The largest absolute Gasteiger partial charge is 0.379 e. The summed E-state index contributed by atoms with van der Waals surface area (Å²) < 4.78 is 0. The van der Waals surface area contributed by atoms with E-state index in [4.69, 9.17) is 5.73 Å². The molecule has 9 nitrogen and oxygen atoms in total. The number of aromatic nitrogens is 2. The number of carbonyl (C=O) groups is 2. The van der Waals surface area contributed by atoms with Crippen molar-refractivity contribution < 1.29 is 9.59 Å². The monoisotopic (exact) mass is 552 g/mol. The maximum absolute atomic E-state index is 13.0. The average Bonchev–Trinajstić information content (AvgIpc) is 2.94. The molecule has 1 aromatic heterocycles. The summed E-state index contributed by atoms with van der Waals surface area (Å²) in [5.74, 6) is -0.600. The number of H-pyrrole nitrogens is 1. The Morgan fingerprint density at radius 1 is 0.951 bits per heavy atom. The summed E-state index contributed by atoms with van der Waals surface area (Å²) in [6.07, 6.45) is 1.58. The Balaban J connectivity index is 1.45. The molecule has 0 saturated heterocycles. The number of carbonyl (C=O) groups excluding carboxylic acids is 2. The summed E-state index contributed by atoms with van der Waals surface area (Å²) >= 11 is 0. The first-order chi connectivity index (χ1) is 19.5. The number of amides is 2. The van der Waals surface area contributed by atoms with Crippen LogP contribution in [-0.2, 0) is 23.3 Å². The van der Waals surface area contributed by atoms with Gasteiger partial charge in [-0.1, -0.05) is 57.2 Å². The highest BCUT2D eigenvalue weighted by molar-refractivity contribution is 6.05. The second-order valence-electron chi connectivity index (χ2n) is 10.9. The first-order valence-electron chi connectivity index (χ1n) is 13.4. The number of hydrogen-bond donors (Lipinski definition) is 5. The molecular weight excluding hydrogens is 516 g/mol. The lowest BCUT2D eigenvalue weighted by Gasteiger charge is -2.19. The maximum Gasteiger partial charge on any atom is 0.271 e. The molecule has 212 valence electrons. The van der Waals surface area contributed by atoms with Crippen LogP contribution in [0, 0.1) is 6.92 Å². The number of anilines is 2. The van der Waals surface area contributed by atoms with Crippen LogP contribution in [-0.4, -0.2) is 28.3 Å². The van der Waals surface area contributed by atoms with E-state index in [2.05, 4.69) is 46.7 Å². The van der Waals surface area contributed by atoms with E-state index in [1.54, 1.807) is 6.20 Å². The van der Waals surface area contributed by atoms with Crippen LogP contribution in [0.3, 0.4) is 0 Å². The van der Waals surface area contributed by atoms with Gasteiger partial charge in [0.1, 0.15) is 5.69 Å². The summed E-state index contributed by atoms with van der Waals surface area (Å²) in [6.45, 7) is 9.18. The highest BCUT2D eigenvalue weighted by atomic mass is 16.2. The highest BCUT2D eigenvalue weighted by Gasteiger charge is 2.16. The molecule has 0 spiro atoms. The zero-order chi connectivity index (χ0) is 29.6. The molecule has 3 aromatic carbocycles. The predicted molar refractivity (Wildman–Crippen MR) is 163 cm³/mol. The summed E-state index contributed by atoms with van der Waals surface area (Å²) in [6, 6.07) is 20.9. The van der Waals surface area contributed by atoms with Crippen LogP contribution in [0.4, 0.5) is 11.4 Å². The standard InChI is InChI=1S/C32H36N6O3/c1-20-25(6-5-7-26(20)38-30(40)22-10-12-23(13-11-22)32(2,3)4)27-17-36-31(41)28(37-27)18-35-24-14-8-21(9-15-24)16-34-19-29(33)39/h5-15,17,34-35H,16,18-19H2,1-4H3,(H2,33,39)(H,36,41)(H,38,40). The number of nitrogens with one attached hydrogen (secondary N) is 4. The minimum absolute atomic E-state index is 0.00824. The van der Waals surface area contributed by atoms with E-state index in [-0.39, 0.29) is 30.0 Å². The quantitative estimate of drug-likeness (QED) is 0.196. The lowest BCUT2D eigenvalue weighted by Crippen LogP contribution is -2.28. The third kappa shape index (κ3) is 7.67. The first kappa shape index (κ1) is 29.2. The van der Waals surface area contributed by atoms with Gasteiger partial charge >= 0.3 is 0 Å². The van der Waals surface area contributed by atoms with Crippen molar-refractivity contribution in [2.24, 2.45) is 5.73 Å². The van der Waals surface area contributed by atoms with Gasteiger partial charge in [-0.2, -0.15) is 0 Å². The van der Waals surface area contributed by atoms with Crippen LogP contribution in [0.15, 0.2) is 77.7 Å². The Morgan fingerprint density at radius 2 is 1.66 bits per heavy atom. The molecule has 0 bridgehead atoms. The molecule has 0 aliphatic heterocycles. The Kier molecular flexibility index (Phi) is 8.99. The normalized spacial score (nSPS) is 11.2. The molecule has 4 aromatic rings. The summed E-state index contributed by atoms with van der Waals surface area (Å²) in [4.78, 5) is 43.8. The molecule has 0 fully saturated rings. The molecule has 0 aliphatic carbocycles. The molecular formula is C32H36N6O3. The van der Waals surface area contributed by atoms with Gasteiger partial charge in [0.05, 0.1) is 18.8 Å². The van der Waals surface area contributed by atoms with E-state index in [9.17, 15) is 14.4 Å². The fourth-order valence-electron chi connectivity index (χ4n) is 4.32. The third-order valence-electron chi connectivity index (χ3n) is 6.77. The second kappa shape index (κ2) is 12.6. The third-order valence-corrected chi connectivity index (χ3v) is 6.77. The minimum atomic E-state index is -0.406. The fraction of sp³-hybridized carbons (Fsp3) is 0.250. The van der Waals surface area contributed by atoms with Gasteiger partial charge < -0.3 is 26.7 Å². The van der Waals surface area contributed by atoms with Crippen LogP contribution in [0.2, 0.25) is 0 Å². The lowest BCUT2D eigenvalue weighted by atomic mass is 9.86. The molecule has 41 heavy (non-hydrogen) atoms. The number of benzene rings is 3. The van der Waals surface area contributed by atoms with Gasteiger partial charge in [0.2, 0.25) is 5.91 Å². The molecule has 4 rings (SSSR count). The fourth-order valence-corrected chi connectivity index (χ4v) is 4.32. The zero-order valence-electron chi connectivity index (χ0n) is 23.8. The van der Waals surface area contributed by atoms with Crippen molar-refractivity contribution in [2.75, 3.05) is 17.2 Å². The molecule has 6 N–H and O–H groups in total. The van der Waals surface area contributed by atoms with Crippen LogP contribution >= 0.6 is 0 Å². The number of nitrogens with zero attached hydrogens (tertiary/aromatic N) is 1. The molecule has 0 saturated carbocycles. The van der Waals surface area contributed by atoms with Crippen molar-refractivity contribution in [3.05, 3.63) is 111 Å². The van der Waals surface area contributed by atoms with Gasteiger partial charge in [-0.15, -0.1) is 0 Å². The van der Waals surface area contributed by atoms with Crippen LogP contribution < -0.4 is 27.2 Å². The van der Waals surface area contributed by atoms with E-state index in [1.807, 2.05) is 73.7 Å². The molecule has 0 unspecified atom stereocenters. The number of rotatable bonds is 10. The van der Waals surface area contributed by atoms with Gasteiger partial charge in [-0.3, -0.25) is 14.4 Å². The predicted octanol–water partition coefficient (Wildman–Crippen LogP) is 4.48. The van der Waals surface area contributed by atoms with Gasteiger partial charge in [0.15, 0.2) is 0 Å². The lowest BCUT2D eigenvalue weighted by molar-refractivity contribution is -0.117. The van der Waals surface area contributed by atoms with E-state index in [1.165, 1.54) is 0 Å². The van der Waals surface area contributed by atoms with Gasteiger partial charge in [-0.25, -0.2) is 4.98 Å². The van der Waals surface area contributed by atoms with Crippen LogP contribution in [0.1, 0.15) is 53.5 Å². The molecule has 0 aliphatic rings. The minimum Gasteiger partial charge on any atom is -0.379 e. The van der Waals surface area contributed by atoms with E-state index in [0.717, 1.165) is 27.9 Å². The second-order valence-corrected chi connectivity index (χ2v) is 10.9. The maximum atomic E-state index is 13.0. The smallest absolute Gasteiger partial charge is 0.271 e. The molecule has 1 heterocycles. The molecule has 9 heteroatoms. The number of aromatic amines is 1. The average molecular weight is 553 g/mol. The Hall–Kier alpha value is -4.76. The Bertz CT molecular complexity index is 1590. The van der Waals surface area contributed by atoms with Crippen molar-refractivity contribution in [1.82, 2.24) is 15.3 Å².